The van der Waals surface area contributed by atoms with E-state index in [0.29, 0.717) is 29.4 Å². The van der Waals surface area contributed by atoms with Gasteiger partial charge in [-0.3, -0.25) is 9.47 Å². The molecule has 0 amide bonds. The van der Waals surface area contributed by atoms with Crippen molar-refractivity contribution in [2.75, 3.05) is 14.2 Å². The van der Waals surface area contributed by atoms with E-state index >= 15 is 0 Å². The van der Waals surface area contributed by atoms with Gasteiger partial charge in [0.1, 0.15) is 5.82 Å². The largest absolute Gasteiger partial charge is 0.493 e. The first-order valence-electron chi connectivity index (χ1n) is 10.1. The van der Waals surface area contributed by atoms with E-state index in [4.69, 9.17) is 17.0 Å². The first-order chi connectivity index (χ1) is 15.4. The highest BCUT2D eigenvalue weighted by Gasteiger charge is 2.30. The molecule has 0 aliphatic heterocycles. The van der Waals surface area contributed by atoms with Crippen LogP contribution in [0.4, 0.5) is 13.2 Å². The second-order valence-corrected chi connectivity index (χ2v) is 8.07. The van der Waals surface area contributed by atoms with Crippen LogP contribution in [-0.4, -0.2) is 40.0 Å². The third-order valence-corrected chi connectivity index (χ3v) is 5.58. The molecule has 0 N–H and O–H groups in total. The lowest BCUT2D eigenvalue weighted by atomic mass is 10.2. The summed E-state index contributed by atoms with van der Waals surface area (Å²) in [5.41, 5.74) is 1.26. The van der Waals surface area contributed by atoms with Crippen LogP contribution in [0.15, 0.2) is 42.5 Å². The number of hydrogen-bond donors (Lipinski definition) is 0. The smallest absolute Gasteiger partial charge is 0.387 e. The van der Waals surface area contributed by atoms with E-state index in [1.54, 1.807) is 35.0 Å². The van der Waals surface area contributed by atoms with Gasteiger partial charge in [0.15, 0.2) is 22.1 Å². The maximum Gasteiger partial charge on any atom is 0.387 e. The maximum absolute atomic E-state index is 14.4. The van der Waals surface area contributed by atoms with Crippen molar-refractivity contribution in [3.05, 3.63) is 58.6 Å². The fourth-order valence-electron chi connectivity index (χ4n) is 3.59. The summed E-state index contributed by atoms with van der Waals surface area (Å²) in [4.78, 5) is 1.97. The Labute approximate surface area is 188 Å². The van der Waals surface area contributed by atoms with E-state index in [9.17, 15) is 13.2 Å². The molecule has 6 nitrogen and oxygen atoms in total. The van der Waals surface area contributed by atoms with Crippen molar-refractivity contribution in [3.63, 3.8) is 0 Å². The first kappa shape index (κ1) is 22.3. The van der Waals surface area contributed by atoms with Gasteiger partial charge in [-0.1, -0.05) is 18.2 Å². The van der Waals surface area contributed by atoms with Crippen molar-refractivity contribution in [1.29, 1.82) is 0 Å². The summed E-state index contributed by atoms with van der Waals surface area (Å²) >= 11 is 5.66. The predicted octanol–water partition coefficient (Wildman–Crippen LogP) is 5.25. The lowest BCUT2D eigenvalue weighted by molar-refractivity contribution is -0.0512. The first-order valence-corrected chi connectivity index (χ1v) is 10.5. The Balaban J connectivity index is 1.55. The molecule has 170 valence electrons. The molecule has 1 aromatic heterocycles. The summed E-state index contributed by atoms with van der Waals surface area (Å²) in [7, 11) is 3.28. The third-order valence-electron chi connectivity index (χ3n) is 5.17. The van der Waals surface area contributed by atoms with E-state index in [1.807, 2.05) is 16.5 Å². The Hall–Kier alpha value is -2.85. The molecule has 1 fully saturated rings. The zero-order chi connectivity index (χ0) is 22.8. The number of alkyl halides is 2. The Kier molecular flexibility index (Phi) is 6.52. The lowest BCUT2D eigenvalue weighted by Crippen LogP contribution is -2.22. The molecule has 0 spiro atoms. The minimum Gasteiger partial charge on any atom is -0.493 e. The monoisotopic (exact) mass is 464 g/mol. The van der Waals surface area contributed by atoms with Gasteiger partial charge >= 0.3 is 6.61 Å². The molecule has 4 rings (SSSR count). The van der Waals surface area contributed by atoms with Crippen LogP contribution < -0.4 is 9.47 Å². The molecule has 1 heterocycles. The number of halogens is 3. The molecule has 2 aromatic carbocycles. The van der Waals surface area contributed by atoms with Gasteiger partial charge in [-0.05, 0) is 61.9 Å². The summed E-state index contributed by atoms with van der Waals surface area (Å²) in [6.45, 7) is -2.07. The lowest BCUT2D eigenvalue weighted by Gasteiger charge is -2.18. The highest BCUT2D eigenvalue weighted by molar-refractivity contribution is 7.71. The average molecular weight is 465 g/mol. The van der Waals surface area contributed by atoms with Crippen molar-refractivity contribution in [3.8, 4) is 22.9 Å². The SMILES string of the molecule is COc1cc(CN(C)Cn2nc(-c3ccccc3F)n(C3CC3)c2=S)ccc1OC(F)F. The summed E-state index contributed by atoms with van der Waals surface area (Å²) in [6, 6.07) is 11.6. The van der Waals surface area contributed by atoms with Crippen molar-refractivity contribution >= 4 is 12.2 Å². The second-order valence-electron chi connectivity index (χ2n) is 7.71. The molecule has 1 aliphatic rings. The molecule has 1 saturated carbocycles. The Bertz CT molecular complexity index is 1160. The van der Waals surface area contributed by atoms with Crippen LogP contribution in [0.3, 0.4) is 0 Å². The zero-order valence-electron chi connectivity index (χ0n) is 17.7. The van der Waals surface area contributed by atoms with E-state index in [2.05, 4.69) is 9.84 Å². The normalized spacial score (nSPS) is 13.7. The summed E-state index contributed by atoms with van der Waals surface area (Å²) < 4.78 is 53.3. The molecule has 0 unspecified atom stereocenters. The van der Waals surface area contributed by atoms with E-state index in [0.717, 1.165) is 18.4 Å². The molecule has 0 radical (unpaired) electrons. The number of hydrogen-bond acceptors (Lipinski definition) is 5. The molecular formula is C22H23F3N4O2S. The van der Waals surface area contributed by atoms with Crippen LogP contribution in [-0.2, 0) is 13.2 Å². The van der Waals surface area contributed by atoms with Crippen molar-refractivity contribution in [2.45, 2.75) is 38.7 Å². The van der Waals surface area contributed by atoms with Gasteiger partial charge < -0.3 is 9.47 Å². The van der Waals surface area contributed by atoms with Crippen molar-refractivity contribution < 1.29 is 22.6 Å². The minimum atomic E-state index is -2.93. The number of aromatic nitrogens is 3. The van der Waals surface area contributed by atoms with Gasteiger partial charge in [0.25, 0.3) is 0 Å². The predicted molar refractivity (Wildman–Crippen MR) is 116 cm³/mol. The van der Waals surface area contributed by atoms with Crippen LogP contribution in [0.25, 0.3) is 11.4 Å². The Morgan fingerprint density at radius 2 is 1.94 bits per heavy atom. The summed E-state index contributed by atoms with van der Waals surface area (Å²) in [6.07, 6.45) is 1.98. The van der Waals surface area contributed by atoms with Crippen LogP contribution in [0.1, 0.15) is 24.4 Å². The van der Waals surface area contributed by atoms with Gasteiger partial charge in [0, 0.05) is 12.6 Å². The molecule has 0 saturated heterocycles. The van der Waals surface area contributed by atoms with Crippen LogP contribution in [0, 0.1) is 10.6 Å². The van der Waals surface area contributed by atoms with Crippen molar-refractivity contribution in [1.82, 2.24) is 19.2 Å². The fraction of sp³-hybridized carbons (Fsp3) is 0.364. The number of nitrogens with zero attached hydrogens (tertiary/aromatic N) is 4. The van der Waals surface area contributed by atoms with Crippen LogP contribution in [0.5, 0.6) is 11.5 Å². The molecule has 32 heavy (non-hydrogen) atoms. The van der Waals surface area contributed by atoms with E-state index in [1.165, 1.54) is 19.2 Å². The topological polar surface area (TPSA) is 44.5 Å². The Morgan fingerprint density at radius 1 is 1.19 bits per heavy atom. The molecule has 10 heteroatoms. The minimum absolute atomic E-state index is 0.0196. The van der Waals surface area contributed by atoms with E-state index < -0.39 is 6.61 Å². The standard InChI is InChI=1S/C22H23F3N4O2S/c1-27(12-14-7-10-18(31-21(24)25)19(11-14)30-2)13-28-22(32)29(15-8-9-15)20(26-28)16-5-3-4-6-17(16)23/h3-7,10-11,15,21H,8-9,12-13H2,1-2H3. The maximum atomic E-state index is 14.4. The fourth-order valence-corrected chi connectivity index (χ4v) is 3.93. The number of benzene rings is 2. The quantitative estimate of drug-likeness (QED) is 0.405. The Morgan fingerprint density at radius 3 is 2.59 bits per heavy atom. The average Bonchev–Trinajstić information content (AvgIpc) is 3.54. The van der Waals surface area contributed by atoms with Gasteiger partial charge in [0.2, 0.25) is 0 Å². The van der Waals surface area contributed by atoms with Gasteiger partial charge in [-0.2, -0.15) is 13.9 Å². The van der Waals surface area contributed by atoms with Crippen LogP contribution >= 0.6 is 12.2 Å². The van der Waals surface area contributed by atoms with E-state index in [-0.39, 0.29) is 23.4 Å². The number of methoxy groups -OCH3 is 1. The summed E-state index contributed by atoms with van der Waals surface area (Å²) in [5.74, 6) is 0.397. The van der Waals surface area contributed by atoms with Crippen LogP contribution in [0.2, 0.25) is 0 Å². The second kappa shape index (κ2) is 9.33. The molecule has 0 atom stereocenters. The molecule has 1 aliphatic carbocycles. The van der Waals surface area contributed by atoms with Gasteiger partial charge in [-0.15, -0.1) is 0 Å². The summed E-state index contributed by atoms with van der Waals surface area (Å²) in [5, 5.41) is 4.63. The van der Waals surface area contributed by atoms with Gasteiger partial charge in [0.05, 0.1) is 19.3 Å². The highest BCUT2D eigenvalue weighted by atomic mass is 32.1. The molecule has 3 aromatic rings. The number of ether oxygens (including phenoxy) is 2. The molecular weight excluding hydrogens is 441 g/mol. The number of rotatable bonds is 9. The molecule has 0 bridgehead atoms. The zero-order valence-corrected chi connectivity index (χ0v) is 18.5. The van der Waals surface area contributed by atoms with Gasteiger partial charge in [-0.25, -0.2) is 9.07 Å². The third kappa shape index (κ3) is 4.81. The highest BCUT2D eigenvalue weighted by Crippen LogP contribution is 2.39. The van der Waals surface area contributed by atoms with Crippen molar-refractivity contribution in [2.24, 2.45) is 0 Å².